The third-order valence-electron chi connectivity index (χ3n) is 4.36. The number of quaternary nitrogens is 1. The molecule has 0 fully saturated rings. The number of unbranched alkanes of at least 4 members (excludes halogenated alkanes) is 8. The maximum absolute atomic E-state index is 12.1. The molecular formula is C21H44NO7P. The number of carboxylic acid groups (broad SMARTS) is 1. The van der Waals surface area contributed by atoms with Gasteiger partial charge >= 0.3 is 13.8 Å². The van der Waals surface area contributed by atoms with Gasteiger partial charge in [-0.15, -0.1) is 0 Å². The van der Waals surface area contributed by atoms with Crippen molar-refractivity contribution in [3.8, 4) is 0 Å². The molecule has 30 heavy (non-hydrogen) atoms. The number of rotatable bonds is 19. The van der Waals surface area contributed by atoms with Crippen molar-refractivity contribution in [1.29, 1.82) is 0 Å². The van der Waals surface area contributed by atoms with Gasteiger partial charge in [-0.2, -0.15) is 0 Å². The number of allylic oxidation sites excluding steroid dienone is 2. The van der Waals surface area contributed by atoms with Gasteiger partial charge in [0.2, 0.25) is 0 Å². The summed E-state index contributed by atoms with van der Waals surface area (Å²) in [6.45, 7) is 2.59. The normalized spacial score (nSPS) is 15.0. The van der Waals surface area contributed by atoms with E-state index in [1.165, 1.54) is 38.5 Å². The van der Waals surface area contributed by atoms with Gasteiger partial charge in [0, 0.05) is 0 Å². The van der Waals surface area contributed by atoms with Crippen LogP contribution in [0, 0.1) is 0 Å². The molecule has 0 aromatic carbocycles. The van der Waals surface area contributed by atoms with Gasteiger partial charge < -0.3 is 20.0 Å². The molecule has 0 aromatic rings. The molecule has 0 rings (SSSR count). The topological polar surface area (TPSA) is 123 Å². The first kappa shape index (κ1) is 31.4. The number of likely N-dealkylation sites (N-methyl/N-ethyl adjacent to an activating group) is 1. The van der Waals surface area contributed by atoms with Gasteiger partial charge in [-0.25, -0.2) is 4.57 Å². The van der Waals surface area contributed by atoms with Crippen LogP contribution in [0.25, 0.3) is 0 Å². The Bertz CT molecular complexity index is 506. The van der Waals surface area contributed by atoms with Crippen molar-refractivity contribution in [2.24, 2.45) is 0 Å². The molecule has 0 aliphatic rings. The molecule has 3 N–H and O–H groups in total. The van der Waals surface area contributed by atoms with Crippen LogP contribution >= 0.6 is 7.82 Å². The lowest BCUT2D eigenvalue weighted by Crippen LogP contribution is -2.42. The van der Waals surface area contributed by atoms with E-state index in [4.69, 9.17) is 14.2 Å². The van der Waals surface area contributed by atoms with E-state index >= 15 is 0 Å². The van der Waals surface area contributed by atoms with Crippen LogP contribution in [0.15, 0.2) is 12.2 Å². The van der Waals surface area contributed by atoms with E-state index in [2.05, 4.69) is 19.1 Å². The molecule has 2 atom stereocenters. The van der Waals surface area contributed by atoms with Gasteiger partial charge in [-0.05, 0) is 25.7 Å². The fourth-order valence-corrected chi connectivity index (χ4v) is 3.99. The number of nitrogens with zero attached hydrogens (tertiary/aromatic N) is 1. The smallest absolute Gasteiger partial charge is 0.472 e. The van der Waals surface area contributed by atoms with Crippen molar-refractivity contribution < 1.29 is 38.4 Å². The lowest BCUT2D eigenvalue weighted by atomic mass is 10.1. The summed E-state index contributed by atoms with van der Waals surface area (Å²) >= 11 is 0. The highest BCUT2D eigenvalue weighted by Crippen LogP contribution is 2.45. The lowest BCUT2D eigenvalue weighted by Gasteiger charge is -2.29. The zero-order chi connectivity index (χ0) is 22.2. The van der Waals surface area contributed by atoms with E-state index in [1.807, 2.05) is 21.1 Å². The van der Waals surface area contributed by atoms with Crippen LogP contribution in [0.3, 0.4) is 0 Å². The van der Waals surface area contributed by atoms with Crippen LogP contribution in [0.1, 0.15) is 77.6 Å². The highest BCUT2D eigenvalue weighted by Gasteiger charge is 2.31. The van der Waals surface area contributed by atoms with Crippen LogP contribution in [0.2, 0.25) is 0 Å². The summed E-state index contributed by atoms with van der Waals surface area (Å²) in [5.41, 5.74) is 0. The molecular weight excluding hydrogens is 409 g/mol. The molecule has 0 bridgehead atoms. The van der Waals surface area contributed by atoms with E-state index in [1.54, 1.807) is 0 Å². The summed E-state index contributed by atoms with van der Waals surface area (Å²) < 4.78 is 22.7. The summed E-state index contributed by atoms with van der Waals surface area (Å²) in [6, 6.07) is 0. The number of hydrogen-bond donors (Lipinski definition) is 2. The van der Waals surface area contributed by atoms with Crippen molar-refractivity contribution in [3.05, 3.63) is 12.2 Å². The fraction of sp³-hybridized carbons (Fsp3) is 0.857. The van der Waals surface area contributed by atoms with E-state index in [-0.39, 0.29) is 18.5 Å². The fourth-order valence-electron chi connectivity index (χ4n) is 3.05. The average molecular weight is 454 g/mol. The van der Waals surface area contributed by atoms with E-state index < -0.39 is 19.9 Å². The minimum absolute atomic E-state index is 0. The Kier molecular flexibility index (Phi) is 18.7. The third-order valence-corrected chi connectivity index (χ3v) is 5.43. The third kappa shape index (κ3) is 21.9. The number of carboxylic acids is 1. The molecule has 1 unspecified atom stereocenters. The molecule has 0 saturated heterocycles. The second-order valence-electron chi connectivity index (χ2n) is 8.60. The largest absolute Gasteiger partial charge is 0.870 e. The summed E-state index contributed by atoms with van der Waals surface area (Å²) in [4.78, 5) is 20.8. The van der Waals surface area contributed by atoms with Crippen molar-refractivity contribution in [1.82, 2.24) is 0 Å². The second kappa shape index (κ2) is 17.9. The molecule has 0 radical (unpaired) electrons. The summed E-state index contributed by atoms with van der Waals surface area (Å²) in [5, 5.41) is 8.97. The SMILES string of the molecule is CC/C=C\CCCCCCCCCCOP(=O)(O)O[C@H](CC(=O)O)C[N+](C)(C)C.[OH-]. The minimum atomic E-state index is -4.25. The van der Waals surface area contributed by atoms with Crippen LogP contribution < -0.4 is 0 Å². The lowest BCUT2D eigenvalue weighted by molar-refractivity contribution is -0.873. The minimum Gasteiger partial charge on any atom is -0.870 e. The van der Waals surface area contributed by atoms with Gasteiger partial charge in [0.1, 0.15) is 12.6 Å². The van der Waals surface area contributed by atoms with E-state index in [0.717, 1.165) is 19.3 Å². The zero-order valence-electron chi connectivity index (χ0n) is 19.3. The van der Waals surface area contributed by atoms with Gasteiger partial charge in [0.05, 0.1) is 34.2 Å². The molecule has 0 aromatic heterocycles. The number of aliphatic carboxylic acids is 1. The van der Waals surface area contributed by atoms with Crippen molar-refractivity contribution in [3.63, 3.8) is 0 Å². The monoisotopic (exact) mass is 453 g/mol. The van der Waals surface area contributed by atoms with E-state index in [9.17, 15) is 14.3 Å². The molecule has 0 saturated carbocycles. The molecule has 0 aliphatic heterocycles. The van der Waals surface area contributed by atoms with Crippen LogP contribution in [0.5, 0.6) is 0 Å². The first-order valence-electron chi connectivity index (χ1n) is 10.9. The maximum atomic E-state index is 12.1. The highest BCUT2D eigenvalue weighted by atomic mass is 31.2. The van der Waals surface area contributed by atoms with E-state index in [0.29, 0.717) is 17.4 Å². The average Bonchev–Trinajstić information content (AvgIpc) is 2.56. The predicted octanol–water partition coefficient (Wildman–Crippen LogP) is 4.97. The van der Waals surface area contributed by atoms with Gasteiger partial charge in [0.25, 0.3) is 0 Å². The van der Waals surface area contributed by atoms with Gasteiger partial charge in [0.15, 0.2) is 0 Å². The summed E-state index contributed by atoms with van der Waals surface area (Å²) in [7, 11) is 1.35. The number of hydrogen-bond acceptors (Lipinski definition) is 5. The molecule has 0 aliphatic carbocycles. The molecule has 0 heterocycles. The Hall–Kier alpha value is -0.760. The first-order valence-corrected chi connectivity index (χ1v) is 12.4. The summed E-state index contributed by atoms with van der Waals surface area (Å²) in [5.74, 6) is -1.07. The van der Waals surface area contributed by atoms with Crippen molar-refractivity contribution in [2.75, 3.05) is 34.3 Å². The first-order chi connectivity index (χ1) is 13.6. The highest BCUT2D eigenvalue weighted by molar-refractivity contribution is 7.47. The Morgan fingerprint density at radius 2 is 1.53 bits per heavy atom. The second-order valence-corrected chi connectivity index (χ2v) is 10.0. The Labute approximate surface area is 182 Å². The zero-order valence-corrected chi connectivity index (χ0v) is 20.2. The van der Waals surface area contributed by atoms with Gasteiger partial charge in [-0.1, -0.05) is 57.6 Å². The van der Waals surface area contributed by atoms with Crippen LogP contribution in [0.4, 0.5) is 0 Å². The van der Waals surface area contributed by atoms with Crippen molar-refractivity contribution in [2.45, 2.75) is 83.7 Å². The Morgan fingerprint density at radius 3 is 2.03 bits per heavy atom. The quantitative estimate of drug-likeness (QED) is 0.122. The Morgan fingerprint density at radius 1 is 1.00 bits per heavy atom. The molecule has 180 valence electrons. The number of phosphoric ester groups is 1. The molecule has 8 nitrogen and oxygen atoms in total. The van der Waals surface area contributed by atoms with Crippen LogP contribution in [-0.4, -0.2) is 66.3 Å². The Balaban J connectivity index is 0. The molecule has 0 spiro atoms. The van der Waals surface area contributed by atoms with Gasteiger partial charge in [-0.3, -0.25) is 13.8 Å². The van der Waals surface area contributed by atoms with Crippen molar-refractivity contribution >= 4 is 13.8 Å². The number of phosphoric acid groups is 1. The summed E-state index contributed by atoms with van der Waals surface area (Å²) in [6.07, 6.45) is 14.4. The molecule has 9 heteroatoms. The van der Waals surface area contributed by atoms with Crippen LogP contribution in [-0.2, 0) is 18.4 Å². The predicted molar refractivity (Wildman–Crippen MR) is 119 cm³/mol. The number of carbonyl (C=O) groups is 1. The standard InChI is InChI=1S/C21H42NO6P.H2O/c1-5-6-7-8-9-10-11-12-13-14-15-16-17-27-29(25,26)28-20(18-21(23)24)19-22(2,3)4;/h6-7,20H,5,8-19H2,1-4H3,(H-,23,24,25,26);1H2/b7-6-;/t20-;/m1./s1. The maximum Gasteiger partial charge on any atom is 0.472 e. The molecule has 0 amide bonds.